The number of nitrogens with one attached hydrogen (secondary N) is 1. The SMILES string of the molecule is CC(C)CC[C@H](c1c(F)ccc(Br)c1F)N1CCNCC1.Cl.Cl. The second-order valence-electron chi connectivity index (χ2n) is 6.03. The normalized spacial score (nSPS) is 16.6. The summed E-state index contributed by atoms with van der Waals surface area (Å²) < 4.78 is 29.1. The molecule has 2 nitrogen and oxygen atoms in total. The molecule has 1 fully saturated rings. The Morgan fingerprint density at radius 1 is 1.13 bits per heavy atom. The monoisotopic (exact) mass is 432 g/mol. The fourth-order valence-corrected chi connectivity index (χ4v) is 3.19. The predicted molar refractivity (Wildman–Crippen MR) is 99.8 cm³/mol. The second-order valence-corrected chi connectivity index (χ2v) is 6.88. The molecule has 1 saturated heterocycles. The number of hydrogen-bond acceptors (Lipinski definition) is 2. The highest BCUT2D eigenvalue weighted by Gasteiger charge is 2.28. The Morgan fingerprint density at radius 2 is 1.74 bits per heavy atom. The van der Waals surface area contributed by atoms with Crippen LogP contribution in [0.25, 0.3) is 0 Å². The molecular weight excluding hydrogens is 409 g/mol. The minimum atomic E-state index is -0.456. The molecule has 1 atom stereocenters. The van der Waals surface area contributed by atoms with E-state index in [4.69, 9.17) is 0 Å². The summed E-state index contributed by atoms with van der Waals surface area (Å²) in [5.74, 6) is -0.376. The molecule has 0 amide bonds. The minimum absolute atomic E-state index is 0. The van der Waals surface area contributed by atoms with Gasteiger partial charge in [0.25, 0.3) is 0 Å². The molecule has 23 heavy (non-hydrogen) atoms. The molecule has 0 radical (unpaired) electrons. The number of halogens is 5. The van der Waals surface area contributed by atoms with Gasteiger partial charge < -0.3 is 5.32 Å². The van der Waals surface area contributed by atoms with Crippen LogP contribution in [0.2, 0.25) is 0 Å². The van der Waals surface area contributed by atoms with Crippen molar-refractivity contribution in [2.75, 3.05) is 26.2 Å². The first kappa shape index (κ1) is 23.1. The largest absolute Gasteiger partial charge is 0.314 e. The van der Waals surface area contributed by atoms with Crippen molar-refractivity contribution in [2.45, 2.75) is 32.7 Å². The van der Waals surface area contributed by atoms with Crippen molar-refractivity contribution in [3.8, 4) is 0 Å². The zero-order valence-corrected chi connectivity index (χ0v) is 16.7. The molecule has 0 aromatic heterocycles. The van der Waals surface area contributed by atoms with Gasteiger partial charge in [-0.1, -0.05) is 13.8 Å². The van der Waals surface area contributed by atoms with Crippen molar-refractivity contribution < 1.29 is 8.78 Å². The Hall–Kier alpha value is 0.0600. The average molecular weight is 434 g/mol. The lowest BCUT2D eigenvalue weighted by molar-refractivity contribution is 0.153. The molecule has 1 heterocycles. The van der Waals surface area contributed by atoms with Crippen molar-refractivity contribution in [3.05, 3.63) is 33.8 Å². The van der Waals surface area contributed by atoms with Crippen LogP contribution in [-0.4, -0.2) is 31.1 Å². The van der Waals surface area contributed by atoms with E-state index < -0.39 is 11.6 Å². The third-order valence-corrected chi connectivity index (χ3v) is 4.63. The summed E-state index contributed by atoms with van der Waals surface area (Å²) in [6.45, 7) is 7.68. The molecule has 0 spiro atoms. The topological polar surface area (TPSA) is 15.3 Å². The van der Waals surface area contributed by atoms with Crippen LogP contribution in [0.4, 0.5) is 8.78 Å². The summed E-state index contributed by atoms with van der Waals surface area (Å²) in [5, 5.41) is 3.29. The van der Waals surface area contributed by atoms with E-state index in [2.05, 4.69) is 40.0 Å². The molecule has 2 rings (SSSR count). The van der Waals surface area contributed by atoms with Crippen molar-refractivity contribution in [1.29, 1.82) is 0 Å². The molecule has 134 valence electrons. The van der Waals surface area contributed by atoms with E-state index in [0.717, 1.165) is 39.0 Å². The van der Waals surface area contributed by atoms with Crippen LogP contribution in [0.1, 0.15) is 38.3 Å². The van der Waals surface area contributed by atoms with Gasteiger partial charge in [0.15, 0.2) is 0 Å². The quantitative estimate of drug-likeness (QED) is 0.660. The molecule has 1 aromatic rings. The maximum atomic E-state index is 14.5. The van der Waals surface area contributed by atoms with E-state index in [1.165, 1.54) is 12.1 Å². The second kappa shape index (κ2) is 10.8. The molecule has 7 heteroatoms. The third kappa shape index (κ3) is 6.13. The van der Waals surface area contributed by atoms with Gasteiger partial charge in [-0.15, -0.1) is 24.8 Å². The Bertz CT molecular complexity index is 483. The van der Waals surface area contributed by atoms with E-state index in [0.29, 0.717) is 10.4 Å². The van der Waals surface area contributed by atoms with Crippen LogP contribution < -0.4 is 5.32 Å². The number of rotatable bonds is 5. The summed E-state index contributed by atoms with van der Waals surface area (Å²) in [7, 11) is 0. The molecule has 0 bridgehead atoms. The first-order valence-corrected chi connectivity index (χ1v) is 8.38. The van der Waals surface area contributed by atoms with Crippen LogP contribution in [0, 0.1) is 17.6 Å². The number of piperazine rings is 1. The van der Waals surface area contributed by atoms with Crippen molar-refractivity contribution >= 4 is 40.7 Å². The summed E-state index contributed by atoms with van der Waals surface area (Å²) in [5.41, 5.74) is 0.215. The highest BCUT2D eigenvalue weighted by Crippen LogP contribution is 2.34. The van der Waals surface area contributed by atoms with Gasteiger partial charge in [-0.2, -0.15) is 0 Å². The van der Waals surface area contributed by atoms with Gasteiger partial charge in [-0.25, -0.2) is 8.78 Å². The Balaban J connectivity index is 0.00000242. The van der Waals surface area contributed by atoms with Gasteiger partial charge in [-0.3, -0.25) is 4.90 Å². The maximum absolute atomic E-state index is 14.5. The van der Waals surface area contributed by atoms with Gasteiger partial charge >= 0.3 is 0 Å². The highest BCUT2D eigenvalue weighted by atomic mass is 79.9. The van der Waals surface area contributed by atoms with E-state index in [9.17, 15) is 8.78 Å². The summed E-state index contributed by atoms with van der Waals surface area (Å²) in [6, 6.07) is 2.60. The highest BCUT2D eigenvalue weighted by molar-refractivity contribution is 9.10. The predicted octanol–water partition coefficient (Wildman–Crippen LogP) is 4.95. The summed E-state index contributed by atoms with van der Waals surface area (Å²) in [6.07, 6.45) is 1.74. The van der Waals surface area contributed by atoms with E-state index in [1.807, 2.05) is 0 Å². The molecule has 0 aliphatic carbocycles. The Morgan fingerprint density at radius 3 is 2.30 bits per heavy atom. The summed E-state index contributed by atoms with van der Waals surface area (Å²) >= 11 is 3.18. The Labute approximate surface area is 158 Å². The van der Waals surface area contributed by atoms with Gasteiger partial charge in [0.1, 0.15) is 11.6 Å². The molecule has 1 aliphatic heterocycles. The molecule has 0 saturated carbocycles. The molecule has 1 aromatic carbocycles. The van der Waals surface area contributed by atoms with Crippen LogP contribution in [-0.2, 0) is 0 Å². The molecule has 0 unspecified atom stereocenters. The van der Waals surface area contributed by atoms with Crippen LogP contribution in [0.3, 0.4) is 0 Å². The van der Waals surface area contributed by atoms with Gasteiger partial charge in [0.2, 0.25) is 0 Å². The number of benzene rings is 1. The van der Waals surface area contributed by atoms with E-state index in [-0.39, 0.29) is 36.4 Å². The fourth-order valence-electron chi connectivity index (χ4n) is 2.84. The average Bonchev–Trinajstić information content (AvgIpc) is 2.47. The van der Waals surface area contributed by atoms with E-state index in [1.54, 1.807) is 0 Å². The van der Waals surface area contributed by atoms with E-state index >= 15 is 0 Å². The maximum Gasteiger partial charge on any atom is 0.145 e. The first-order valence-electron chi connectivity index (χ1n) is 7.59. The first-order chi connectivity index (χ1) is 10.0. The zero-order valence-electron chi connectivity index (χ0n) is 13.4. The van der Waals surface area contributed by atoms with Crippen molar-refractivity contribution in [1.82, 2.24) is 10.2 Å². The standard InChI is InChI=1S/C16H23BrF2N2.2ClH/c1-11(2)3-6-14(21-9-7-20-8-10-21)15-13(18)5-4-12(17)16(15)19;;/h4-5,11,14,20H,3,6-10H2,1-2H3;2*1H/t14-;;/m1../s1. The van der Waals surface area contributed by atoms with Crippen molar-refractivity contribution in [2.24, 2.45) is 5.92 Å². The van der Waals surface area contributed by atoms with Gasteiger partial charge in [0.05, 0.1) is 4.47 Å². The fraction of sp³-hybridized carbons (Fsp3) is 0.625. The molecule has 1 aliphatic rings. The minimum Gasteiger partial charge on any atom is -0.314 e. The van der Waals surface area contributed by atoms with Crippen LogP contribution >= 0.6 is 40.7 Å². The third-order valence-electron chi connectivity index (χ3n) is 4.02. The van der Waals surface area contributed by atoms with Gasteiger partial charge in [-0.05, 0) is 46.8 Å². The Kier molecular flexibility index (Phi) is 10.9. The lowest BCUT2D eigenvalue weighted by atomic mass is 9.95. The lowest BCUT2D eigenvalue weighted by Crippen LogP contribution is -2.45. The summed E-state index contributed by atoms with van der Waals surface area (Å²) in [4.78, 5) is 2.20. The number of nitrogens with zero attached hydrogens (tertiary/aromatic N) is 1. The molecule has 1 N–H and O–H groups in total. The smallest absolute Gasteiger partial charge is 0.145 e. The van der Waals surface area contributed by atoms with Gasteiger partial charge in [0, 0.05) is 37.8 Å². The number of hydrogen-bond donors (Lipinski definition) is 1. The van der Waals surface area contributed by atoms with Crippen molar-refractivity contribution in [3.63, 3.8) is 0 Å². The van der Waals surface area contributed by atoms with Crippen LogP contribution in [0.5, 0.6) is 0 Å². The molecular formula is C16H25BrCl2F2N2. The van der Waals surface area contributed by atoms with Crippen LogP contribution in [0.15, 0.2) is 16.6 Å². The lowest BCUT2D eigenvalue weighted by Gasteiger charge is -2.36. The zero-order chi connectivity index (χ0) is 15.4.